The fourth-order valence-corrected chi connectivity index (χ4v) is 1.34. The standard InChI is InChI=1S/C11H12N6/c1-7-9(10(12)15-11(13)14-7)17-16-8-5-3-2-4-6-8/h2-6H,1H3,(H4,12,13,14,15). The lowest BCUT2D eigenvalue weighted by atomic mass is 10.3. The van der Waals surface area contributed by atoms with E-state index in [1.165, 1.54) is 0 Å². The van der Waals surface area contributed by atoms with Crippen LogP contribution in [-0.2, 0) is 0 Å². The molecule has 0 unspecified atom stereocenters. The van der Waals surface area contributed by atoms with Crippen molar-refractivity contribution >= 4 is 23.1 Å². The Morgan fingerprint density at radius 2 is 1.71 bits per heavy atom. The molecule has 0 aliphatic rings. The smallest absolute Gasteiger partial charge is 0.222 e. The highest BCUT2D eigenvalue weighted by Crippen LogP contribution is 2.26. The zero-order valence-electron chi connectivity index (χ0n) is 9.33. The Balaban J connectivity index is 2.34. The number of rotatable bonds is 2. The number of hydrogen-bond donors (Lipinski definition) is 2. The summed E-state index contributed by atoms with van der Waals surface area (Å²) in [5.41, 5.74) is 13.0. The van der Waals surface area contributed by atoms with Crippen LogP contribution >= 0.6 is 0 Å². The summed E-state index contributed by atoms with van der Waals surface area (Å²) in [5, 5.41) is 8.09. The van der Waals surface area contributed by atoms with Crippen LogP contribution in [0.1, 0.15) is 5.69 Å². The molecule has 86 valence electrons. The number of nitrogens with two attached hydrogens (primary N) is 2. The van der Waals surface area contributed by atoms with Crippen molar-refractivity contribution in [1.82, 2.24) is 9.97 Å². The first-order valence-corrected chi connectivity index (χ1v) is 5.03. The highest BCUT2D eigenvalue weighted by Gasteiger charge is 2.06. The first kappa shape index (κ1) is 11.0. The van der Waals surface area contributed by atoms with Crippen molar-refractivity contribution in [2.75, 3.05) is 11.5 Å². The van der Waals surface area contributed by atoms with Gasteiger partial charge in [-0.3, -0.25) is 0 Å². The number of hydrogen-bond acceptors (Lipinski definition) is 6. The van der Waals surface area contributed by atoms with Gasteiger partial charge in [-0.05, 0) is 19.1 Å². The number of benzene rings is 1. The molecule has 1 aromatic heterocycles. The Hall–Kier alpha value is -2.50. The predicted octanol–water partition coefficient (Wildman–Crippen LogP) is 2.36. The van der Waals surface area contributed by atoms with Crippen LogP contribution in [0.25, 0.3) is 0 Å². The molecule has 0 atom stereocenters. The summed E-state index contributed by atoms with van der Waals surface area (Å²) < 4.78 is 0. The third-order valence-electron chi connectivity index (χ3n) is 2.12. The summed E-state index contributed by atoms with van der Waals surface area (Å²) >= 11 is 0. The lowest BCUT2D eigenvalue weighted by molar-refractivity contribution is 1.09. The quantitative estimate of drug-likeness (QED) is 0.770. The first-order chi connectivity index (χ1) is 8.16. The molecule has 0 bridgehead atoms. The van der Waals surface area contributed by atoms with Crippen LogP contribution in [0, 0.1) is 6.92 Å². The van der Waals surface area contributed by atoms with Crippen LogP contribution in [0.2, 0.25) is 0 Å². The molecule has 0 spiro atoms. The van der Waals surface area contributed by atoms with Crippen molar-refractivity contribution < 1.29 is 0 Å². The molecule has 0 amide bonds. The fourth-order valence-electron chi connectivity index (χ4n) is 1.34. The fraction of sp³-hybridized carbons (Fsp3) is 0.0909. The number of azo groups is 1. The number of aromatic nitrogens is 2. The van der Waals surface area contributed by atoms with E-state index >= 15 is 0 Å². The molecule has 1 aromatic carbocycles. The normalized spacial score (nSPS) is 10.9. The Morgan fingerprint density at radius 1 is 1.00 bits per heavy atom. The average Bonchev–Trinajstić information content (AvgIpc) is 2.29. The first-order valence-electron chi connectivity index (χ1n) is 5.03. The van der Waals surface area contributed by atoms with Crippen molar-refractivity contribution in [2.45, 2.75) is 6.92 Å². The minimum absolute atomic E-state index is 0.138. The van der Waals surface area contributed by atoms with Gasteiger partial charge in [0.25, 0.3) is 0 Å². The molecule has 0 saturated heterocycles. The van der Waals surface area contributed by atoms with E-state index in [9.17, 15) is 0 Å². The van der Waals surface area contributed by atoms with Gasteiger partial charge in [-0.2, -0.15) is 10.1 Å². The molecule has 0 aliphatic heterocycles. The molecule has 1 heterocycles. The van der Waals surface area contributed by atoms with Crippen molar-refractivity contribution in [1.29, 1.82) is 0 Å². The van der Waals surface area contributed by atoms with E-state index in [1.807, 2.05) is 30.3 Å². The van der Waals surface area contributed by atoms with Gasteiger partial charge in [-0.1, -0.05) is 18.2 Å². The van der Waals surface area contributed by atoms with Gasteiger partial charge >= 0.3 is 0 Å². The molecule has 0 fully saturated rings. The minimum Gasteiger partial charge on any atom is -0.382 e. The van der Waals surface area contributed by atoms with Crippen molar-refractivity contribution in [3.8, 4) is 0 Å². The molecule has 2 rings (SSSR count). The molecule has 0 radical (unpaired) electrons. The number of nitrogens with zero attached hydrogens (tertiary/aromatic N) is 4. The maximum Gasteiger partial charge on any atom is 0.222 e. The van der Waals surface area contributed by atoms with E-state index in [-0.39, 0.29) is 11.8 Å². The summed E-state index contributed by atoms with van der Waals surface area (Å²) in [5.74, 6) is 0.369. The average molecular weight is 228 g/mol. The van der Waals surface area contributed by atoms with E-state index in [0.717, 1.165) is 5.69 Å². The van der Waals surface area contributed by atoms with Crippen LogP contribution in [0.5, 0.6) is 0 Å². The van der Waals surface area contributed by atoms with Gasteiger partial charge in [0, 0.05) is 0 Å². The van der Waals surface area contributed by atoms with E-state index in [2.05, 4.69) is 20.2 Å². The van der Waals surface area contributed by atoms with E-state index in [0.29, 0.717) is 11.4 Å². The maximum atomic E-state index is 5.70. The Kier molecular flexibility index (Phi) is 2.95. The SMILES string of the molecule is Cc1nc(N)nc(N)c1N=Nc1ccccc1. The van der Waals surface area contributed by atoms with Crippen LogP contribution in [0.3, 0.4) is 0 Å². The Labute approximate surface area is 98.4 Å². The largest absolute Gasteiger partial charge is 0.382 e. The third kappa shape index (κ3) is 2.54. The van der Waals surface area contributed by atoms with E-state index in [4.69, 9.17) is 11.5 Å². The summed E-state index contributed by atoms with van der Waals surface area (Å²) in [4.78, 5) is 7.82. The highest BCUT2D eigenvalue weighted by atomic mass is 15.2. The zero-order valence-corrected chi connectivity index (χ0v) is 9.33. The molecule has 17 heavy (non-hydrogen) atoms. The molecule has 0 aliphatic carbocycles. The highest BCUT2D eigenvalue weighted by molar-refractivity contribution is 5.61. The molecule has 0 saturated carbocycles. The number of anilines is 2. The summed E-state index contributed by atoms with van der Waals surface area (Å²) in [6, 6.07) is 9.35. The topological polar surface area (TPSA) is 103 Å². The van der Waals surface area contributed by atoms with Gasteiger partial charge in [0.05, 0.1) is 11.4 Å². The second-order valence-electron chi connectivity index (χ2n) is 3.44. The number of nitrogen functional groups attached to an aromatic ring is 2. The maximum absolute atomic E-state index is 5.70. The van der Waals surface area contributed by atoms with E-state index in [1.54, 1.807) is 6.92 Å². The monoisotopic (exact) mass is 228 g/mol. The van der Waals surface area contributed by atoms with Gasteiger partial charge in [-0.15, -0.1) is 5.11 Å². The number of aryl methyl sites for hydroxylation is 1. The molecule has 6 nitrogen and oxygen atoms in total. The van der Waals surface area contributed by atoms with Crippen LogP contribution in [0.15, 0.2) is 40.6 Å². The summed E-state index contributed by atoms with van der Waals surface area (Å²) in [7, 11) is 0. The lowest BCUT2D eigenvalue weighted by Crippen LogP contribution is -2.01. The summed E-state index contributed by atoms with van der Waals surface area (Å²) in [6.45, 7) is 1.76. The Morgan fingerprint density at radius 3 is 2.35 bits per heavy atom. The summed E-state index contributed by atoms with van der Waals surface area (Å²) in [6.07, 6.45) is 0. The molecular formula is C11H12N6. The van der Waals surface area contributed by atoms with Gasteiger partial charge in [0.2, 0.25) is 5.95 Å². The second kappa shape index (κ2) is 4.56. The van der Waals surface area contributed by atoms with Gasteiger partial charge in [0.1, 0.15) is 5.69 Å². The minimum atomic E-state index is 0.138. The lowest BCUT2D eigenvalue weighted by Gasteiger charge is -2.02. The van der Waals surface area contributed by atoms with Crippen LogP contribution in [-0.4, -0.2) is 9.97 Å². The third-order valence-corrected chi connectivity index (χ3v) is 2.12. The van der Waals surface area contributed by atoms with E-state index < -0.39 is 0 Å². The van der Waals surface area contributed by atoms with Crippen molar-refractivity contribution in [3.05, 3.63) is 36.0 Å². The predicted molar refractivity (Wildman–Crippen MR) is 66.2 cm³/mol. The molecule has 2 aromatic rings. The molecular weight excluding hydrogens is 216 g/mol. The van der Waals surface area contributed by atoms with Crippen LogP contribution in [0.4, 0.5) is 23.1 Å². The van der Waals surface area contributed by atoms with Gasteiger partial charge in [-0.25, -0.2) is 4.98 Å². The zero-order chi connectivity index (χ0) is 12.3. The van der Waals surface area contributed by atoms with Crippen molar-refractivity contribution in [3.63, 3.8) is 0 Å². The second-order valence-corrected chi connectivity index (χ2v) is 3.44. The Bertz CT molecular complexity index is 526. The molecule has 4 N–H and O–H groups in total. The van der Waals surface area contributed by atoms with Crippen molar-refractivity contribution in [2.24, 2.45) is 10.2 Å². The van der Waals surface area contributed by atoms with Crippen LogP contribution < -0.4 is 11.5 Å². The van der Waals surface area contributed by atoms with Gasteiger partial charge < -0.3 is 11.5 Å². The molecule has 6 heteroatoms. The van der Waals surface area contributed by atoms with Gasteiger partial charge in [0.15, 0.2) is 5.82 Å².